The average molecular weight is 175 g/mol. The van der Waals surface area contributed by atoms with Crippen molar-refractivity contribution < 1.29 is 4.79 Å². The van der Waals surface area contributed by atoms with Gasteiger partial charge in [0.05, 0.1) is 0 Å². The number of carbonyl (C=O) groups is 1. The molecule has 0 aromatic rings. The zero-order chi connectivity index (χ0) is 8.70. The third kappa shape index (κ3) is 1.58. The van der Waals surface area contributed by atoms with Gasteiger partial charge in [-0.25, -0.2) is 0 Å². The molecule has 0 spiro atoms. The van der Waals surface area contributed by atoms with Crippen LogP contribution in [0, 0.1) is 5.41 Å². The quantitative estimate of drug-likeness (QED) is 0.559. The summed E-state index contributed by atoms with van der Waals surface area (Å²) >= 11 is 6.14. The van der Waals surface area contributed by atoms with Crippen LogP contribution in [0.4, 0.5) is 0 Å². The summed E-state index contributed by atoms with van der Waals surface area (Å²) in [6.45, 7) is 6.18. The molecule has 1 aliphatic rings. The van der Waals surface area contributed by atoms with Crippen molar-refractivity contribution in [1.29, 1.82) is 0 Å². The van der Waals surface area contributed by atoms with Gasteiger partial charge in [-0.3, -0.25) is 4.79 Å². The van der Waals surface area contributed by atoms with Crippen LogP contribution in [0.5, 0.6) is 0 Å². The Morgan fingerprint density at radius 3 is 2.27 bits per heavy atom. The van der Waals surface area contributed by atoms with Crippen molar-refractivity contribution in [2.24, 2.45) is 5.41 Å². The number of carbonyl (C=O) groups excluding carboxylic acids is 1. The van der Waals surface area contributed by atoms with Crippen molar-refractivity contribution in [3.05, 3.63) is 0 Å². The first-order chi connectivity index (χ1) is 4.90. The lowest BCUT2D eigenvalue weighted by Gasteiger charge is -2.20. The molecule has 64 valence electrons. The summed E-state index contributed by atoms with van der Waals surface area (Å²) in [5, 5.41) is 0. The minimum atomic E-state index is -0.538. The van der Waals surface area contributed by atoms with Gasteiger partial charge in [-0.15, -0.1) is 11.6 Å². The van der Waals surface area contributed by atoms with Gasteiger partial charge in [-0.05, 0) is 18.3 Å². The van der Waals surface area contributed by atoms with E-state index in [-0.39, 0.29) is 11.2 Å². The molecule has 1 fully saturated rings. The molecule has 0 heterocycles. The van der Waals surface area contributed by atoms with E-state index in [9.17, 15) is 4.79 Å². The first-order valence-corrected chi connectivity index (χ1v) is 4.50. The van der Waals surface area contributed by atoms with E-state index in [1.807, 2.05) is 6.92 Å². The van der Waals surface area contributed by atoms with E-state index in [0.717, 1.165) is 12.8 Å². The van der Waals surface area contributed by atoms with Gasteiger partial charge >= 0.3 is 0 Å². The van der Waals surface area contributed by atoms with E-state index in [1.54, 1.807) is 0 Å². The van der Waals surface area contributed by atoms with Crippen LogP contribution < -0.4 is 0 Å². The Kier molecular flexibility index (Phi) is 2.04. The smallest absolute Gasteiger partial charge is 0.154 e. The molecule has 0 aromatic heterocycles. The summed E-state index contributed by atoms with van der Waals surface area (Å²) < 4.78 is 0. The van der Waals surface area contributed by atoms with Crippen LogP contribution in [0.25, 0.3) is 0 Å². The monoisotopic (exact) mass is 174 g/mol. The van der Waals surface area contributed by atoms with Crippen molar-refractivity contribution >= 4 is 17.4 Å². The molecule has 0 amide bonds. The van der Waals surface area contributed by atoms with Gasteiger partial charge in [0.1, 0.15) is 4.87 Å². The van der Waals surface area contributed by atoms with E-state index in [2.05, 4.69) is 13.8 Å². The lowest BCUT2D eigenvalue weighted by Crippen LogP contribution is -2.25. The van der Waals surface area contributed by atoms with Crippen molar-refractivity contribution in [2.75, 3.05) is 0 Å². The van der Waals surface area contributed by atoms with Crippen LogP contribution in [-0.2, 0) is 4.79 Å². The molecular weight excluding hydrogens is 160 g/mol. The fraction of sp³-hybridized carbons (Fsp3) is 0.889. The Morgan fingerprint density at radius 2 is 2.09 bits per heavy atom. The highest BCUT2D eigenvalue weighted by Gasteiger charge is 2.47. The molecule has 1 aliphatic carbocycles. The molecule has 1 unspecified atom stereocenters. The predicted octanol–water partition coefficient (Wildman–Crippen LogP) is 2.76. The number of hydrogen-bond donors (Lipinski definition) is 0. The number of rotatable bonds is 1. The zero-order valence-corrected chi connectivity index (χ0v) is 8.16. The second-order valence-corrected chi connectivity index (χ2v) is 4.98. The highest BCUT2D eigenvalue weighted by atomic mass is 35.5. The predicted molar refractivity (Wildman–Crippen MR) is 46.9 cm³/mol. The summed E-state index contributed by atoms with van der Waals surface area (Å²) in [6.07, 6.45) is 2.23. The molecule has 1 rings (SSSR count). The topological polar surface area (TPSA) is 17.1 Å². The maximum atomic E-state index is 11.4. The van der Waals surface area contributed by atoms with Gasteiger partial charge in [-0.1, -0.05) is 20.8 Å². The Labute approximate surface area is 73.1 Å². The van der Waals surface area contributed by atoms with Gasteiger partial charge < -0.3 is 0 Å². The summed E-state index contributed by atoms with van der Waals surface area (Å²) in [7, 11) is 0. The third-order valence-corrected chi connectivity index (χ3v) is 3.07. The molecule has 0 N–H and O–H groups in total. The lowest BCUT2D eigenvalue weighted by atomic mass is 9.90. The molecular formula is C9H15ClO. The van der Waals surface area contributed by atoms with Crippen molar-refractivity contribution in [2.45, 2.75) is 44.9 Å². The summed E-state index contributed by atoms with van der Waals surface area (Å²) in [6, 6.07) is 0. The number of ketones is 1. The summed E-state index contributed by atoms with van der Waals surface area (Å²) in [5.74, 6) is 0.228. The Bertz CT molecular complexity index is 186. The number of Topliss-reactive ketones (excluding diaryl/α,β-unsaturated/α-hetero) is 1. The number of halogens is 1. The molecule has 1 nitrogen and oxygen atoms in total. The van der Waals surface area contributed by atoms with Crippen LogP contribution in [0.2, 0.25) is 0 Å². The fourth-order valence-corrected chi connectivity index (χ4v) is 2.26. The number of alkyl halides is 1. The van der Waals surface area contributed by atoms with Gasteiger partial charge in [0.15, 0.2) is 5.78 Å². The van der Waals surface area contributed by atoms with Crippen LogP contribution in [-0.4, -0.2) is 10.7 Å². The third-order valence-electron chi connectivity index (χ3n) is 2.46. The Morgan fingerprint density at radius 1 is 1.55 bits per heavy atom. The minimum absolute atomic E-state index is 0.120. The van der Waals surface area contributed by atoms with E-state index in [0.29, 0.717) is 6.42 Å². The maximum Gasteiger partial charge on any atom is 0.154 e. The lowest BCUT2D eigenvalue weighted by molar-refractivity contribution is -0.120. The second kappa shape index (κ2) is 2.48. The van der Waals surface area contributed by atoms with Crippen molar-refractivity contribution in [3.8, 4) is 0 Å². The number of hydrogen-bond acceptors (Lipinski definition) is 1. The second-order valence-electron chi connectivity index (χ2n) is 4.26. The molecule has 0 aromatic carbocycles. The maximum absolute atomic E-state index is 11.4. The highest BCUT2D eigenvalue weighted by Crippen LogP contribution is 2.46. The van der Waals surface area contributed by atoms with E-state index in [4.69, 9.17) is 11.6 Å². The normalized spacial score (nSPS) is 36.2. The van der Waals surface area contributed by atoms with Gasteiger partial charge in [0.2, 0.25) is 0 Å². The molecule has 1 saturated carbocycles. The SMILES string of the molecule is CCC1(Cl)CC(C)(C)CC1=O. The fourth-order valence-electron chi connectivity index (χ4n) is 1.83. The molecule has 0 radical (unpaired) electrons. The molecule has 2 heteroatoms. The van der Waals surface area contributed by atoms with Crippen LogP contribution in [0.1, 0.15) is 40.0 Å². The molecule has 0 bridgehead atoms. The first-order valence-electron chi connectivity index (χ1n) is 4.12. The molecule has 11 heavy (non-hydrogen) atoms. The van der Waals surface area contributed by atoms with Crippen LogP contribution in [0.15, 0.2) is 0 Å². The summed E-state index contributed by atoms with van der Waals surface area (Å²) in [5.41, 5.74) is 0.120. The van der Waals surface area contributed by atoms with Crippen molar-refractivity contribution in [1.82, 2.24) is 0 Å². The average Bonchev–Trinajstić information content (AvgIpc) is 2.03. The van der Waals surface area contributed by atoms with Crippen LogP contribution >= 0.6 is 11.6 Å². The van der Waals surface area contributed by atoms with Crippen molar-refractivity contribution in [3.63, 3.8) is 0 Å². The molecule has 0 aliphatic heterocycles. The van der Waals surface area contributed by atoms with Gasteiger partial charge in [0, 0.05) is 6.42 Å². The highest BCUT2D eigenvalue weighted by molar-refractivity contribution is 6.36. The molecule has 0 saturated heterocycles. The van der Waals surface area contributed by atoms with E-state index >= 15 is 0 Å². The van der Waals surface area contributed by atoms with E-state index in [1.165, 1.54) is 0 Å². The van der Waals surface area contributed by atoms with Crippen LogP contribution in [0.3, 0.4) is 0 Å². The standard InChI is InChI=1S/C9H15ClO/c1-4-9(10)6-8(2,3)5-7(9)11/h4-6H2,1-3H3. The first kappa shape index (κ1) is 9.05. The van der Waals surface area contributed by atoms with E-state index < -0.39 is 4.87 Å². The Hall–Kier alpha value is -0.0400. The Balaban J connectivity index is 2.82. The van der Waals surface area contributed by atoms with Gasteiger partial charge in [0.25, 0.3) is 0 Å². The molecule has 1 atom stereocenters. The largest absolute Gasteiger partial charge is 0.298 e. The zero-order valence-electron chi connectivity index (χ0n) is 7.41. The summed E-state index contributed by atoms with van der Waals surface area (Å²) in [4.78, 5) is 10.9. The minimum Gasteiger partial charge on any atom is -0.298 e. The van der Waals surface area contributed by atoms with Gasteiger partial charge in [-0.2, -0.15) is 0 Å².